The summed E-state index contributed by atoms with van der Waals surface area (Å²) < 4.78 is 16.5. The van der Waals surface area contributed by atoms with Gasteiger partial charge in [0, 0.05) is 31.3 Å². The maximum absolute atomic E-state index is 12.5. The van der Waals surface area contributed by atoms with E-state index in [9.17, 15) is 10.1 Å². The minimum atomic E-state index is -0.364. The molecule has 1 amide bonds. The Balaban J connectivity index is 1.48. The molecule has 2 heterocycles. The van der Waals surface area contributed by atoms with Crippen molar-refractivity contribution in [3.63, 3.8) is 0 Å². The molecule has 2 fully saturated rings. The van der Waals surface area contributed by atoms with E-state index in [0.717, 1.165) is 19.3 Å². The van der Waals surface area contributed by atoms with Crippen LogP contribution in [0.1, 0.15) is 35.5 Å². The van der Waals surface area contributed by atoms with Crippen LogP contribution in [0.25, 0.3) is 11.3 Å². The number of aromatic nitrogens is 1. The average molecular weight is 382 g/mol. The molecule has 28 heavy (non-hydrogen) atoms. The van der Waals surface area contributed by atoms with Crippen LogP contribution in [0, 0.1) is 11.3 Å². The molecule has 0 unspecified atom stereocenters. The number of nitrogens with one attached hydrogen (secondary N) is 2. The minimum Gasteiger partial charge on any atom is -0.490 e. The first-order chi connectivity index (χ1) is 13.7. The number of nitrogens with zero attached hydrogens (tertiary/aromatic N) is 2. The number of nitriles is 1. The zero-order chi connectivity index (χ0) is 19.5. The second-order valence-electron chi connectivity index (χ2n) is 7.14. The van der Waals surface area contributed by atoms with Gasteiger partial charge in [-0.15, -0.1) is 0 Å². The van der Waals surface area contributed by atoms with Gasteiger partial charge in [-0.25, -0.2) is 4.98 Å². The van der Waals surface area contributed by atoms with Crippen molar-refractivity contribution in [1.29, 1.82) is 5.26 Å². The zero-order valence-electron chi connectivity index (χ0n) is 15.6. The Morgan fingerprint density at radius 3 is 3.07 bits per heavy atom. The average Bonchev–Trinajstić information content (AvgIpc) is 3.19. The normalized spacial score (nSPS) is 21.3. The lowest BCUT2D eigenvalue weighted by Gasteiger charge is -2.10. The van der Waals surface area contributed by atoms with Crippen LogP contribution in [0.4, 0.5) is 0 Å². The summed E-state index contributed by atoms with van der Waals surface area (Å²) in [4.78, 5) is 16.8. The summed E-state index contributed by atoms with van der Waals surface area (Å²) >= 11 is 0. The number of carbonyl (C=O) groups is 1. The first-order valence-electron chi connectivity index (χ1n) is 9.36. The van der Waals surface area contributed by atoms with Crippen LogP contribution in [-0.4, -0.2) is 49.3 Å². The lowest BCUT2D eigenvalue weighted by molar-refractivity contribution is 0.0903. The number of methoxy groups -OCH3 is 1. The maximum Gasteiger partial charge on any atom is 0.307 e. The first-order valence-corrected chi connectivity index (χ1v) is 9.36. The molecule has 8 heteroatoms. The number of hydrogen-bond acceptors (Lipinski definition) is 7. The third kappa shape index (κ3) is 4.16. The molecule has 1 aliphatic carbocycles. The zero-order valence-corrected chi connectivity index (χ0v) is 15.6. The van der Waals surface area contributed by atoms with Crippen LogP contribution in [0.3, 0.4) is 0 Å². The maximum atomic E-state index is 12.5. The molecular formula is C20H22N4O4. The molecule has 2 aromatic rings. The molecule has 2 N–H and O–H groups in total. The molecule has 1 saturated heterocycles. The van der Waals surface area contributed by atoms with Crippen LogP contribution >= 0.6 is 0 Å². The van der Waals surface area contributed by atoms with Crippen molar-refractivity contribution in [2.75, 3.05) is 20.3 Å². The van der Waals surface area contributed by atoms with Gasteiger partial charge in [0.05, 0.1) is 24.3 Å². The van der Waals surface area contributed by atoms with Crippen LogP contribution in [-0.2, 0) is 4.74 Å². The van der Waals surface area contributed by atoms with E-state index < -0.39 is 0 Å². The van der Waals surface area contributed by atoms with Gasteiger partial charge in [0.1, 0.15) is 17.7 Å². The highest BCUT2D eigenvalue weighted by Gasteiger charge is 2.28. The van der Waals surface area contributed by atoms with E-state index in [4.69, 9.17) is 13.9 Å². The van der Waals surface area contributed by atoms with Gasteiger partial charge in [0.2, 0.25) is 0 Å². The molecule has 1 aromatic heterocycles. The monoisotopic (exact) mass is 382 g/mol. The third-order valence-corrected chi connectivity index (χ3v) is 4.83. The largest absolute Gasteiger partial charge is 0.490 e. The fraction of sp³-hybridized carbons (Fsp3) is 0.450. The molecule has 0 spiro atoms. The Labute approximate surface area is 162 Å². The Morgan fingerprint density at radius 1 is 1.46 bits per heavy atom. The number of oxazole rings is 1. The van der Waals surface area contributed by atoms with Crippen molar-refractivity contribution in [3.8, 4) is 23.1 Å². The molecule has 1 saturated carbocycles. The van der Waals surface area contributed by atoms with E-state index in [1.54, 1.807) is 25.3 Å². The Kier molecular flexibility index (Phi) is 5.28. The highest BCUT2D eigenvalue weighted by atomic mass is 16.5. The summed E-state index contributed by atoms with van der Waals surface area (Å²) in [7, 11) is 1.66. The van der Waals surface area contributed by atoms with E-state index >= 15 is 0 Å². The predicted octanol–water partition coefficient (Wildman–Crippen LogP) is 1.86. The third-order valence-electron chi connectivity index (χ3n) is 4.83. The molecule has 1 aliphatic heterocycles. The highest BCUT2D eigenvalue weighted by Crippen LogP contribution is 2.35. The lowest BCUT2D eigenvalue weighted by Crippen LogP contribution is -2.36. The summed E-state index contributed by atoms with van der Waals surface area (Å²) in [5.41, 5.74) is 1.62. The van der Waals surface area contributed by atoms with Crippen molar-refractivity contribution >= 4 is 5.91 Å². The summed E-state index contributed by atoms with van der Waals surface area (Å²) in [6.07, 6.45) is 4.45. The molecule has 0 bridgehead atoms. The Hall–Kier alpha value is -2.89. The molecular weight excluding hydrogens is 360 g/mol. The second-order valence-corrected chi connectivity index (χ2v) is 7.14. The van der Waals surface area contributed by atoms with E-state index in [1.807, 2.05) is 0 Å². The van der Waals surface area contributed by atoms with Gasteiger partial charge in [-0.1, -0.05) is 0 Å². The topological polar surface area (TPSA) is 109 Å². The number of carbonyl (C=O) groups excluding carboxylic acids is 1. The van der Waals surface area contributed by atoms with Gasteiger partial charge >= 0.3 is 5.91 Å². The molecule has 146 valence electrons. The van der Waals surface area contributed by atoms with E-state index in [-0.39, 0.29) is 30.0 Å². The van der Waals surface area contributed by atoms with Gasteiger partial charge in [-0.2, -0.15) is 5.26 Å². The SMILES string of the molecule is COC[C@@H]1C[C@@H](NC(=O)c2nc(-c3cc(C#N)ccc3OC3CC3)co2)CN1. The summed E-state index contributed by atoms with van der Waals surface area (Å²) in [6.45, 7) is 1.28. The van der Waals surface area contributed by atoms with Crippen LogP contribution in [0.2, 0.25) is 0 Å². The lowest BCUT2D eigenvalue weighted by atomic mass is 10.1. The minimum absolute atomic E-state index is 0.00122. The predicted molar refractivity (Wildman–Crippen MR) is 99.8 cm³/mol. The quantitative estimate of drug-likeness (QED) is 0.752. The van der Waals surface area contributed by atoms with Crippen molar-refractivity contribution in [1.82, 2.24) is 15.6 Å². The van der Waals surface area contributed by atoms with Crippen molar-refractivity contribution < 1.29 is 18.7 Å². The van der Waals surface area contributed by atoms with E-state index in [2.05, 4.69) is 21.7 Å². The number of benzene rings is 1. The first kappa shape index (κ1) is 18.5. The summed E-state index contributed by atoms with van der Waals surface area (Å²) in [6, 6.07) is 7.52. The molecule has 2 aliphatic rings. The summed E-state index contributed by atoms with van der Waals surface area (Å²) in [5.74, 6) is 0.270. The molecule has 0 radical (unpaired) electrons. The van der Waals surface area contributed by atoms with Crippen LogP contribution < -0.4 is 15.4 Å². The fourth-order valence-electron chi connectivity index (χ4n) is 3.27. The van der Waals surface area contributed by atoms with Crippen LogP contribution in [0.15, 0.2) is 28.9 Å². The second kappa shape index (κ2) is 8.00. The van der Waals surface area contributed by atoms with Gasteiger partial charge in [-0.3, -0.25) is 4.79 Å². The number of ether oxygens (including phenoxy) is 2. The van der Waals surface area contributed by atoms with Crippen molar-refractivity contribution in [2.24, 2.45) is 0 Å². The number of amides is 1. The van der Waals surface area contributed by atoms with Gasteiger partial charge < -0.3 is 24.5 Å². The van der Waals surface area contributed by atoms with Gasteiger partial charge in [0.15, 0.2) is 0 Å². The van der Waals surface area contributed by atoms with Gasteiger partial charge in [0.25, 0.3) is 5.89 Å². The van der Waals surface area contributed by atoms with E-state index in [1.165, 1.54) is 6.26 Å². The highest BCUT2D eigenvalue weighted by molar-refractivity contribution is 5.90. The smallest absolute Gasteiger partial charge is 0.307 e. The Bertz CT molecular complexity index is 900. The molecule has 1 aromatic carbocycles. The molecule has 2 atom stereocenters. The number of rotatable bonds is 7. The molecule has 4 rings (SSSR count). The van der Waals surface area contributed by atoms with Crippen molar-refractivity contribution in [3.05, 3.63) is 35.9 Å². The van der Waals surface area contributed by atoms with E-state index in [0.29, 0.717) is 35.7 Å². The van der Waals surface area contributed by atoms with Gasteiger partial charge in [-0.05, 0) is 37.5 Å². The van der Waals surface area contributed by atoms with Crippen LogP contribution in [0.5, 0.6) is 5.75 Å². The standard InChI is InChI=1S/C20H22N4O4/c1-26-10-14-7-13(9-22-14)23-19(25)20-24-17(11-27-20)16-6-12(8-21)2-5-18(16)28-15-3-4-15/h2,5-6,11,13-15,22H,3-4,7,9-10H2,1H3,(H,23,25)/t13-,14+/m1/s1. The summed E-state index contributed by atoms with van der Waals surface area (Å²) in [5, 5.41) is 15.4. The fourth-order valence-corrected chi connectivity index (χ4v) is 3.27. The Morgan fingerprint density at radius 2 is 2.32 bits per heavy atom. The van der Waals surface area contributed by atoms with Crippen molar-refractivity contribution in [2.45, 2.75) is 37.5 Å². The number of hydrogen-bond donors (Lipinski definition) is 2. The molecule has 8 nitrogen and oxygen atoms in total.